The molecule has 0 amide bonds. The summed E-state index contributed by atoms with van der Waals surface area (Å²) < 4.78 is 5.28. The largest absolute Gasteiger partial charge is 0.365 e. The first-order valence-electron chi connectivity index (χ1n) is 4.48. The fraction of sp³-hybridized carbons (Fsp3) is 0.273. The fourth-order valence-electron chi connectivity index (χ4n) is 1.61. The van der Waals surface area contributed by atoms with Gasteiger partial charge in [0, 0.05) is 6.42 Å². The Bertz CT molecular complexity index is 371. The molecule has 1 atom stereocenters. The minimum absolute atomic E-state index is 0.332. The third-order valence-corrected chi connectivity index (χ3v) is 2.40. The van der Waals surface area contributed by atoms with Crippen LogP contribution in [0.1, 0.15) is 11.1 Å². The standard InChI is InChI=1S/C11H10O3/c12-6-10(13)11-5-8-3-1-2-4-9(8)7-14-11/h1-4,6,11H,5,7H2. The summed E-state index contributed by atoms with van der Waals surface area (Å²) in [5.41, 5.74) is 2.20. The van der Waals surface area contributed by atoms with E-state index >= 15 is 0 Å². The van der Waals surface area contributed by atoms with Crippen molar-refractivity contribution in [2.24, 2.45) is 0 Å². The van der Waals surface area contributed by atoms with Crippen molar-refractivity contribution in [3.05, 3.63) is 35.4 Å². The Morgan fingerprint density at radius 1 is 1.36 bits per heavy atom. The third-order valence-electron chi connectivity index (χ3n) is 2.40. The van der Waals surface area contributed by atoms with Crippen LogP contribution >= 0.6 is 0 Å². The molecular weight excluding hydrogens is 180 g/mol. The van der Waals surface area contributed by atoms with E-state index in [4.69, 9.17) is 4.74 Å². The predicted molar refractivity (Wildman–Crippen MR) is 49.8 cm³/mol. The van der Waals surface area contributed by atoms with Gasteiger partial charge in [-0.15, -0.1) is 0 Å². The maximum absolute atomic E-state index is 11.1. The molecule has 1 aromatic carbocycles. The number of rotatable bonds is 2. The SMILES string of the molecule is O=CC(=O)C1Cc2ccccc2CO1. The third kappa shape index (κ3) is 1.59. The first kappa shape index (κ1) is 9.09. The van der Waals surface area contributed by atoms with Crippen molar-refractivity contribution in [1.29, 1.82) is 0 Å². The summed E-state index contributed by atoms with van der Waals surface area (Å²) in [7, 11) is 0. The molecule has 14 heavy (non-hydrogen) atoms. The molecule has 2 rings (SSSR count). The van der Waals surface area contributed by atoms with Gasteiger partial charge in [0.1, 0.15) is 6.10 Å². The van der Waals surface area contributed by atoms with Gasteiger partial charge < -0.3 is 4.74 Å². The summed E-state index contributed by atoms with van der Waals surface area (Å²) in [6.45, 7) is 0.417. The number of ether oxygens (including phenoxy) is 1. The Labute approximate surface area is 81.7 Å². The van der Waals surface area contributed by atoms with Crippen LogP contribution in [0.4, 0.5) is 0 Å². The highest BCUT2D eigenvalue weighted by Gasteiger charge is 2.24. The highest BCUT2D eigenvalue weighted by molar-refractivity contribution is 6.27. The van der Waals surface area contributed by atoms with Crippen molar-refractivity contribution in [2.75, 3.05) is 0 Å². The number of ketones is 1. The molecule has 0 saturated carbocycles. The second kappa shape index (κ2) is 3.72. The zero-order valence-electron chi connectivity index (χ0n) is 7.60. The van der Waals surface area contributed by atoms with E-state index in [1.807, 2.05) is 24.3 Å². The van der Waals surface area contributed by atoms with Crippen LogP contribution in [0, 0.1) is 0 Å². The highest BCUT2D eigenvalue weighted by Crippen LogP contribution is 2.20. The van der Waals surface area contributed by atoms with Crippen LogP contribution in [0.5, 0.6) is 0 Å². The average Bonchev–Trinajstić information content (AvgIpc) is 2.27. The lowest BCUT2D eigenvalue weighted by Gasteiger charge is -2.22. The molecule has 0 aliphatic carbocycles. The minimum atomic E-state index is -0.581. The maximum Gasteiger partial charge on any atom is 0.224 e. The monoisotopic (exact) mass is 190 g/mol. The summed E-state index contributed by atoms with van der Waals surface area (Å²) in [5, 5.41) is 0. The Hall–Kier alpha value is -1.48. The van der Waals surface area contributed by atoms with E-state index in [1.54, 1.807) is 0 Å². The summed E-state index contributed by atoms with van der Waals surface area (Å²) >= 11 is 0. The molecule has 72 valence electrons. The maximum atomic E-state index is 11.1. The zero-order valence-corrected chi connectivity index (χ0v) is 7.60. The van der Waals surface area contributed by atoms with Crippen LogP contribution in [0.25, 0.3) is 0 Å². The lowest BCUT2D eigenvalue weighted by molar-refractivity contribution is -0.139. The van der Waals surface area contributed by atoms with E-state index in [0.717, 1.165) is 11.1 Å². The van der Waals surface area contributed by atoms with Crippen molar-refractivity contribution in [2.45, 2.75) is 19.1 Å². The normalized spacial score (nSPS) is 19.9. The molecule has 1 heterocycles. The molecule has 0 bridgehead atoms. The summed E-state index contributed by atoms with van der Waals surface area (Å²) in [4.78, 5) is 21.4. The topological polar surface area (TPSA) is 43.4 Å². The lowest BCUT2D eigenvalue weighted by Crippen LogP contribution is -2.31. The second-order valence-corrected chi connectivity index (χ2v) is 3.29. The molecule has 0 N–H and O–H groups in total. The van der Waals surface area contributed by atoms with Gasteiger partial charge >= 0.3 is 0 Å². The van der Waals surface area contributed by atoms with Gasteiger partial charge in [0.25, 0.3) is 0 Å². The highest BCUT2D eigenvalue weighted by atomic mass is 16.5. The Balaban J connectivity index is 2.21. The first-order valence-corrected chi connectivity index (χ1v) is 4.48. The molecule has 0 radical (unpaired) electrons. The molecular formula is C11H10O3. The van der Waals surface area contributed by atoms with Gasteiger partial charge in [0.15, 0.2) is 6.29 Å². The fourth-order valence-corrected chi connectivity index (χ4v) is 1.61. The van der Waals surface area contributed by atoms with Crippen LogP contribution in [0.15, 0.2) is 24.3 Å². The average molecular weight is 190 g/mol. The van der Waals surface area contributed by atoms with Crippen molar-refractivity contribution < 1.29 is 14.3 Å². The van der Waals surface area contributed by atoms with E-state index in [9.17, 15) is 9.59 Å². The van der Waals surface area contributed by atoms with Gasteiger partial charge in [-0.3, -0.25) is 9.59 Å². The van der Waals surface area contributed by atoms with Crippen molar-refractivity contribution >= 4 is 12.1 Å². The predicted octanol–water partition coefficient (Wildman–Crippen LogP) is 0.896. The van der Waals surface area contributed by atoms with Gasteiger partial charge in [0.2, 0.25) is 5.78 Å². The molecule has 0 fully saturated rings. The number of carbonyl (C=O) groups is 2. The van der Waals surface area contributed by atoms with Crippen LogP contribution in [-0.2, 0) is 27.4 Å². The number of hydrogen-bond acceptors (Lipinski definition) is 3. The summed E-state index contributed by atoms with van der Waals surface area (Å²) in [6.07, 6.45) is 0.259. The molecule has 1 aromatic rings. The van der Waals surface area contributed by atoms with Gasteiger partial charge in [-0.05, 0) is 11.1 Å². The Morgan fingerprint density at radius 2 is 2.07 bits per heavy atom. The van der Waals surface area contributed by atoms with E-state index in [0.29, 0.717) is 19.3 Å². The van der Waals surface area contributed by atoms with Gasteiger partial charge in [-0.1, -0.05) is 24.3 Å². The van der Waals surface area contributed by atoms with Crippen molar-refractivity contribution in [3.63, 3.8) is 0 Å². The number of hydrogen-bond donors (Lipinski definition) is 0. The second-order valence-electron chi connectivity index (χ2n) is 3.29. The quantitative estimate of drug-likeness (QED) is 0.514. The van der Waals surface area contributed by atoms with Crippen LogP contribution < -0.4 is 0 Å². The van der Waals surface area contributed by atoms with Crippen molar-refractivity contribution in [1.82, 2.24) is 0 Å². The molecule has 1 unspecified atom stereocenters. The number of Topliss-reactive ketones (excluding diaryl/α,β-unsaturated/α-hetero) is 1. The molecule has 0 saturated heterocycles. The first-order chi connectivity index (χ1) is 6.81. The van der Waals surface area contributed by atoms with E-state index in [2.05, 4.69) is 0 Å². The van der Waals surface area contributed by atoms with Crippen LogP contribution in [0.2, 0.25) is 0 Å². The van der Waals surface area contributed by atoms with Gasteiger partial charge in [0.05, 0.1) is 6.61 Å². The minimum Gasteiger partial charge on any atom is -0.365 e. The van der Waals surface area contributed by atoms with E-state index in [-0.39, 0.29) is 0 Å². The van der Waals surface area contributed by atoms with Gasteiger partial charge in [-0.2, -0.15) is 0 Å². The molecule has 1 aliphatic heterocycles. The number of aldehydes is 1. The van der Waals surface area contributed by atoms with Crippen molar-refractivity contribution in [3.8, 4) is 0 Å². The number of carbonyl (C=O) groups excluding carboxylic acids is 2. The van der Waals surface area contributed by atoms with E-state index in [1.165, 1.54) is 0 Å². The van der Waals surface area contributed by atoms with Crippen LogP contribution in [-0.4, -0.2) is 18.2 Å². The molecule has 1 aliphatic rings. The summed E-state index contributed by atoms with van der Waals surface area (Å²) in [6, 6.07) is 7.79. The zero-order chi connectivity index (χ0) is 9.97. The van der Waals surface area contributed by atoms with E-state index < -0.39 is 11.9 Å². The molecule has 0 spiro atoms. The number of benzene rings is 1. The molecule has 3 heteroatoms. The molecule has 0 aromatic heterocycles. The Kier molecular flexibility index (Phi) is 2.41. The smallest absolute Gasteiger partial charge is 0.224 e. The van der Waals surface area contributed by atoms with Crippen LogP contribution in [0.3, 0.4) is 0 Å². The Morgan fingerprint density at radius 3 is 2.79 bits per heavy atom. The number of fused-ring (bicyclic) bond motifs is 1. The summed E-state index contributed by atoms with van der Waals surface area (Å²) in [5.74, 6) is -0.473. The lowest BCUT2D eigenvalue weighted by atomic mass is 9.97. The van der Waals surface area contributed by atoms with Gasteiger partial charge in [-0.25, -0.2) is 0 Å². The molecule has 3 nitrogen and oxygen atoms in total.